The number of hydrogen-bond acceptors (Lipinski definition) is 9. The van der Waals surface area contributed by atoms with Crippen LogP contribution >= 0.6 is 11.6 Å². The van der Waals surface area contributed by atoms with Gasteiger partial charge in [0.1, 0.15) is 0 Å². The van der Waals surface area contributed by atoms with Gasteiger partial charge in [-0.25, -0.2) is 0 Å². The first-order valence-corrected chi connectivity index (χ1v) is 16.6. The van der Waals surface area contributed by atoms with Crippen LogP contribution in [0.15, 0.2) is 0 Å². The third-order valence-electron chi connectivity index (χ3n) is 9.70. The molecule has 2 saturated carbocycles. The highest BCUT2D eigenvalue weighted by Gasteiger charge is 2.47. The molecule has 0 aromatic carbocycles. The van der Waals surface area contributed by atoms with Crippen molar-refractivity contribution in [1.29, 1.82) is 10.5 Å². The van der Waals surface area contributed by atoms with Gasteiger partial charge >= 0.3 is 0 Å². The van der Waals surface area contributed by atoms with Crippen molar-refractivity contribution in [3.63, 3.8) is 0 Å². The molecule has 4 aliphatic rings. The maximum atomic E-state index is 12.9. The summed E-state index contributed by atoms with van der Waals surface area (Å²) in [5, 5.41) is 33.6. The molecule has 42 heavy (non-hydrogen) atoms. The van der Waals surface area contributed by atoms with Gasteiger partial charge in [-0.05, 0) is 91.4 Å². The summed E-state index contributed by atoms with van der Waals surface area (Å²) >= 11 is 6.89. The van der Waals surface area contributed by atoms with E-state index in [2.05, 4.69) is 38.3 Å². The van der Waals surface area contributed by atoms with Gasteiger partial charge in [0.2, 0.25) is 5.91 Å². The van der Waals surface area contributed by atoms with Crippen molar-refractivity contribution in [2.45, 2.75) is 113 Å². The van der Waals surface area contributed by atoms with Crippen molar-refractivity contribution in [3.05, 3.63) is 0 Å². The lowest BCUT2D eigenvalue weighted by Crippen LogP contribution is -2.66. The molecule has 10 nitrogen and oxygen atoms in total. The third-order valence-corrected chi connectivity index (χ3v) is 10.2. The van der Waals surface area contributed by atoms with Gasteiger partial charge < -0.3 is 35.6 Å². The van der Waals surface area contributed by atoms with E-state index >= 15 is 0 Å². The smallest absolute Gasteiger partial charge is 0.220 e. The largest absolute Gasteiger partial charge is 0.376 e. The molecule has 11 unspecified atom stereocenters. The van der Waals surface area contributed by atoms with Crippen LogP contribution in [0.2, 0.25) is 0 Å². The van der Waals surface area contributed by atoms with Crippen LogP contribution in [0.25, 0.3) is 0 Å². The van der Waals surface area contributed by atoms with Gasteiger partial charge in [-0.3, -0.25) is 4.79 Å². The highest BCUT2D eigenvalue weighted by atomic mass is 35.5. The second-order valence-corrected chi connectivity index (χ2v) is 13.6. The molecule has 2 aliphatic carbocycles. The van der Waals surface area contributed by atoms with Crippen LogP contribution in [0.5, 0.6) is 0 Å². The van der Waals surface area contributed by atoms with Crippen LogP contribution in [0, 0.1) is 40.4 Å². The van der Waals surface area contributed by atoms with Crippen LogP contribution in [0.4, 0.5) is 0 Å². The standard InChI is InChI=1S/C31H52ClN7O3/c1-4-41-29-15-26-24(14-27(29)38-30(40)6-5-11-39(2)3)31(21(17-34)18-36-26)37-22-7-8-28(25(32)13-22)42-19-23-12-20(16-33)9-10-35-23/h20-29,31,35-37H,4-15,18-19H2,1-3H3,(H,38,40). The van der Waals surface area contributed by atoms with Gasteiger partial charge in [-0.15, -0.1) is 11.6 Å². The third kappa shape index (κ3) is 9.25. The Labute approximate surface area is 257 Å². The van der Waals surface area contributed by atoms with Crippen LogP contribution in [-0.4, -0.2) is 106 Å². The number of nitriles is 2. The van der Waals surface area contributed by atoms with E-state index < -0.39 is 0 Å². The first-order chi connectivity index (χ1) is 20.3. The Balaban J connectivity index is 1.33. The normalized spacial score (nSPS) is 38.7. The fourth-order valence-corrected chi connectivity index (χ4v) is 7.89. The number of piperidine rings is 2. The number of fused-ring (bicyclic) bond motifs is 1. The summed E-state index contributed by atoms with van der Waals surface area (Å²) in [4.78, 5) is 15.0. The van der Waals surface area contributed by atoms with Crippen molar-refractivity contribution >= 4 is 17.5 Å². The summed E-state index contributed by atoms with van der Waals surface area (Å²) in [7, 11) is 4.04. The van der Waals surface area contributed by atoms with E-state index in [4.69, 9.17) is 21.1 Å². The topological polar surface area (TPSA) is 134 Å². The lowest BCUT2D eigenvalue weighted by atomic mass is 9.69. The quantitative estimate of drug-likeness (QED) is 0.247. The summed E-state index contributed by atoms with van der Waals surface area (Å²) in [6.45, 7) is 5.58. The van der Waals surface area contributed by atoms with E-state index in [1.807, 2.05) is 21.0 Å². The zero-order chi connectivity index (χ0) is 30.1. The first kappa shape index (κ1) is 33.4. The van der Waals surface area contributed by atoms with Crippen molar-refractivity contribution in [2.75, 3.05) is 46.9 Å². The zero-order valence-corrected chi connectivity index (χ0v) is 26.5. The van der Waals surface area contributed by atoms with Gasteiger partial charge in [-0.1, -0.05) is 0 Å². The van der Waals surface area contributed by atoms with Gasteiger partial charge in [0, 0.05) is 49.7 Å². The monoisotopic (exact) mass is 605 g/mol. The molecule has 0 bridgehead atoms. The summed E-state index contributed by atoms with van der Waals surface area (Å²) in [6, 6.07) is 5.57. The molecule has 4 rings (SSSR count). The molecule has 0 radical (unpaired) electrons. The number of hydrogen-bond donors (Lipinski definition) is 4. The molecule has 11 atom stereocenters. The number of rotatable bonds is 12. The van der Waals surface area contributed by atoms with Crippen LogP contribution < -0.4 is 21.3 Å². The summed E-state index contributed by atoms with van der Waals surface area (Å²) < 4.78 is 12.4. The van der Waals surface area contributed by atoms with Crippen LogP contribution in [-0.2, 0) is 14.3 Å². The number of nitrogens with one attached hydrogen (secondary N) is 4. The lowest BCUT2D eigenvalue weighted by Gasteiger charge is -2.50. The van der Waals surface area contributed by atoms with E-state index in [-0.39, 0.29) is 71.5 Å². The molecule has 236 valence electrons. The Bertz CT molecular complexity index is 942. The van der Waals surface area contributed by atoms with Crippen LogP contribution in [0.3, 0.4) is 0 Å². The van der Waals surface area contributed by atoms with E-state index in [0.717, 1.165) is 64.5 Å². The average Bonchev–Trinajstić information content (AvgIpc) is 2.97. The molecule has 2 saturated heterocycles. The molecular weight excluding hydrogens is 554 g/mol. The number of carbonyl (C=O) groups is 1. The number of ether oxygens (including phenoxy) is 2. The maximum absolute atomic E-state index is 12.9. The van der Waals surface area contributed by atoms with Gasteiger partial charge in [0.15, 0.2) is 0 Å². The molecule has 11 heteroatoms. The molecule has 0 spiro atoms. The minimum absolute atomic E-state index is 0.00441. The van der Waals surface area contributed by atoms with Crippen molar-refractivity contribution < 1.29 is 14.3 Å². The summed E-state index contributed by atoms with van der Waals surface area (Å²) in [6.07, 6.45) is 7.21. The Morgan fingerprint density at radius 2 is 1.88 bits per heavy atom. The number of carbonyl (C=O) groups excluding carboxylic acids is 1. The Kier molecular flexibility index (Phi) is 13.1. The predicted octanol–water partition coefficient (Wildman–Crippen LogP) is 2.13. The predicted molar refractivity (Wildman–Crippen MR) is 163 cm³/mol. The highest BCUT2D eigenvalue weighted by Crippen LogP contribution is 2.36. The van der Waals surface area contributed by atoms with Crippen molar-refractivity contribution in [3.8, 4) is 12.1 Å². The maximum Gasteiger partial charge on any atom is 0.220 e. The molecule has 2 heterocycles. The Hall–Kier alpha value is -1.50. The Morgan fingerprint density at radius 1 is 1.05 bits per heavy atom. The molecular formula is C31H52ClN7O3. The second kappa shape index (κ2) is 16.5. The minimum Gasteiger partial charge on any atom is -0.376 e. The van der Waals surface area contributed by atoms with Gasteiger partial charge in [0.05, 0.1) is 48.3 Å². The van der Waals surface area contributed by atoms with Gasteiger partial charge in [0.25, 0.3) is 0 Å². The Morgan fingerprint density at radius 3 is 2.60 bits per heavy atom. The summed E-state index contributed by atoms with van der Waals surface area (Å²) in [5.74, 6) is 0.234. The number of nitrogens with zero attached hydrogens (tertiary/aromatic N) is 3. The van der Waals surface area contributed by atoms with E-state index in [1.165, 1.54) is 0 Å². The zero-order valence-electron chi connectivity index (χ0n) is 25.7. The summed E-state index contributed by atoms with van der Waals surface area (Å²) in [5.41, 5.74) is 0. The van der Waals surface area contributed by atoms with Gasteiger partial charge in [-0.2, -0.15) is 10.5 Å². The van der Waals surface area contributed by atoms with E-state index in [1.54, 1.807) is 0 Å². The molecule has 2 aliphatic heterocycles. The number of halogens is 1. The second-order valence-electron chi connectivity index (χ2n) is 13.1. The fourth-order valence-electron chi connectivity index (χ4n) is 7.47. The fraction of sp³-hybridized carbons (Fsp3) is 0.903. The number of alkyl halides is 1. The van der Waals surface area contributed by atoms with E-state index in [0.29, 0.717) is 26.2 Å². The van der Waals surface area contributed by atoms with Crippen molar-refractivity contribution in [1.82, 2.24) is 26.2 Å². The SMILES string of the molecule is CCOC1CC2NCC(C#N)C(NC3CCC(OCC4CC(C#N)CCN4)C(Cl)C3)C2CC1NC(=O)CCCN(C)C. The highest BCUT2D eigenvalue weighted by molar-refractivity contribution is 6.21. The minimum atomic E-state index is -0.153. The molecule has 1 amide bonds. The molecule has 0 aromatic heterocycles. The number of amides is 1. The molecule has 4 fully saturated rings. The molecule has 4 N–H and O–H groups in total. The molecule has 0 aromatic rings. The average molecular weight is 606 g/mol. The first-order valence-electron chi connectivity index (χ1n) is 16.1. The van der Waals surface area contributed by atoms with Crippen LogP contribution in [0.1, 0.15) is 64.7 Å². The lowest BCUT2D eigenvalue weighted by molar-refractivity contribution is -0.124. The van der Waals surface area contributed by atoms with E-state index in [9.17, 15) is 15.3 Å². The van der Waals surface area contributed by atoms with Crippen molar-refractivity contribution in [2.24, 2.45) is 17.8 Å².